The fraction of sp³-hybridized carbons (Fsp3) is 0.115. The highest BCUT2D eigenvalue weighted by atomic mass is 16.5. The van der Waals surface area contributed by atoms with Crippen LogP contribution in [0, 0.1) is 13.8 Å². The maximum absolute atomic E-state index is 13.4. The zero-order chi connectivity index (χ0) is 22.0. The summed E-state index contributed by atoms with van der Waals surface area (Å²) in [5.74, 6) is 0.611. The zero-order valence-corrected chi connectivity index (χ0v) is 17.6. The lowest BCUT2D eigenvalue weighted by Gasteiger charge is -2.13. The van der Waals surface area contributed by atoms with Crippen molar-refractivity contribution in [3.05, 3.63) is 99.6 Å². The van der Waals surface area contributed by atoms with Crippen molar-refractivity contribution >= 4 is 29.0 Å². The summed E-state index contributed by atoms with van der Waals surface area (Å²) in [5.41, 5.74) is 4.26. The van der Waals surface area contributed by atoms with Crippen molar-refractivity contribution in [2.24, 2.45) is 0 Å². The number of nitrogens with zero attached hydrogens (tertiary/aromatic N) is 2. The molecule has 0 amide bonds. The molecule has 4 rings (SSSR count). The molecular formula is C26H22N2O3. The summed E-state index contributed by atoms with van der Waals surface area (Å²) in [6.45, 7) is 5.38. The maximum atomic E-state index is 13.4. The third kappa shape index (κ3) is 4.46. The molecule has 0 fully saturated rings. The number of benzene rings is 3. The van der Waals surface area contributed by atoms with Crippen molar-refractivity contribution in [2.45, 2.75) is 20.8 Å². The number of carbonyl (C=O) groups excluding carboxylic acids is 1. The minimum atomic E-state index is -0.374. The Balaban J connectivity index is 1.88. The Hall–Kier alpha value is -3.99. The van der Waals surface area contributed by atoms with E-state index >= 15 is 0 Å². The molecule has 0 radical (unpaired) electrons. The van der Waals surface area contributed by atoms with Crippen LogP contribution in [-0.4, -0.2) is 15.5 Å². The average molecular weight is 410 g/mol. The molecule has 4 aromatic rings. The molecule has 0 saturated carbocycles. The van der Waals surface area contributed by atoms with E-state index in [1.54, 1.807) is 28.8 Å². The van der Waals surface area contributed by atoms with Crippen molar-refractivity contribution in [2.75, 3.05) is 0 Å². The smallest absolute Gasteiger partial charge is 0.308 e. The van der Waals surface area contributed by atoms with Gasteiger partial charge >= 0.3 is 5.97 Å². The summed E-state index contributed by atoms with van der Waals surface area (Å²) in [6, 6.07) is 20.5. The minimum absolute atomic E-state index is 0.121. The SMILES string of the molecule is CC(=O)Oc1cccc(/C=C/c2nc3ccccc3c(=O)n2-c2cc(C)cc(C)c2)c1. The molecule has 0 unspecified atom stereocenters. The molecule has 0 bridgehead atoms. The number of fused-ring (bicyclic) bond motifs is 1. The van der Waals surface area contributed by atoms with Gasteiger partial charge in [-0.1, -0.05) is 36.4 Å². The Morgan fingerprint density at radius 3 is 2.42 bits per heavy atom. The molecule has 3 aromatic carbocycles. The van der Waals surface area contributed by atoms with Gasteiger partial charge < -0.3 is 4.74 Å². The molecule has 0 saturated heterocycles. The van der Waals surface area contributed by atoms with Gasteiger partial charge in [0.25, 0.3) is 5.56 Å². The van der Waals surface area contributed by atoms with Crippen LogP contribution in [0.4, 0.5) is 0 Å². The number of hydrogen-bond donors (Lipinski definition) is 0. The van der Waals surface area contributed by atoms with Crippen LogP contribution >= 0.6 is 0 Å². The van der Waals surface area contributed by atoms with Crippen LogP contribution in [0.1, 0.15) is 29.4 Å². The van der Waals surface area contributed by atoms with Crippen molar-refractivity contribution in [3.8, 4) is 11.4 Å². The molecule has 0 spiro atoms. The first-order valence-electron chi connectivity index (χ1n) is 9.98. The Kier molecular flexibility index (Phi) is 5.50. The summed E-state index contributed by atoms with van der Waals surface area (Å²) >= 11 is 0. The molecule has 0 aliphatic heterocycles. The molecule has 154 valence electrons. The van der Waals surface area contributed by atoms with E-state index in [1.165, 1.54) is 6.92 Å². The second kappa shape index (κ2) is 8.40. The molecule has 5 heteroatoms. The number of aromatic nitrogens is 2. The predicted octanol–water partition coefficient (Wildman–Crippen LogP) is 5.10. The Bertz CT molecular complexity index is 1360. The van der Waals surface area contributed by atoms with Crippen LogP contribution in [0.15, 0.2) is 71.5 Å². The number of para-hydroxylation sites is 1. The molecule has 31 heavy (non-hydrogen) atoms. The normalized spacial score (nSPS) is 11.2. The molecule has 0 N–H and O–H groups in total. The third-order valence-corrected chi connectivity index (χ3v) is 4.81. The van der Waals surface area contributed by atoms with Crippen LogP contribution in [0.25, 0.3) is 28.7 Å². The first-order chi connectivity index (χ1) is 14.9. The lowest BCUT2D eigenvalue weighted by atomic mass is 10.1. The second-order valence-electron chi connectivity index (χ2n) is 7.47. The molecule has 5 nitrogen and oxygen atoms in total. The van der Waals surface area contributed by atoms with E-state index in [9.17, 15) is 9.59 Å². The van der Waals surface area contributed by atoms with Gasteiger partial charge in [-0.25, -0.2) is 4.98 Å². The van der Waals surface area contributed by atoms with Gasteiger partial charge in [-0.15, -0.1) is 0 Å². The average Bonchev–Trinajstić information content (AvgIpc) is 2.71. The molecule has 1 aromatic heterocycles. The number of esters is 1. The zero-order valence-electron chi connectivity index (χ0n) is 17.6. The minimum Gasteiger partial charge on any atom is -0.427 e. The second-order valence-corrected chi connectivity index (χ2v) is 7.47. The van der Waals surface area contributed by atoms with E-state index in [0.717, 1.165) is 22.4 Å². The fourth-order valence-electron chi connectivity index (χ4n) is 3.61. The predicted molar refractivity (Wildman–Crippen MR) is 123 cm³/mol. The van der Waals surface area contributed by atoms with Gasteiger partial charge in [0.2, 0.25) is 0 Å². The molecule has 0 aliphatic carbocycles. The highest BCUT2D eigenvalue weighted by Gasteiger charge is 2.12. The highest BCUT2D eigenvalue weighted by Crippen LogP contribution is 2.19. The van der Waals surface area contributed by atoms with E-state index in [2.05, 4.69) is 6.07 Å². The molecule has 1 heterocycles. The van der Waals surface area contributed by atoms with Gasteiger partial charge in [0, 0.05) is 6.92 Å². The van der Waals surface area contributed by atoms with Gasteiger partial charge in [0.15, 0.2) is 0 Å². The Morgan fingerprint density at radius 1 is 0.935 bits per heavy atom. The van der Waals surface area contributed by atoms with E-state index in [4.69, 9.17) is 9.72 Å². The number of ether oxygens (including phenoxy) is 1. The Morgan fingerprint density at radius 2 is 1.68 bits per heavy atom. The van der Waals surface area contributed by atoms with Gasteiger partial charge in [-0.05, 0) is 73.0 Å². The van der Waals surface area contributed by atoms with Crippen molar-refractivity contribution in [3.63, 3.8) is 0 Å². The standard InChI is InChI=1S/C26H22N2O3/c1-17-13-18(2)15-21(14-17)28-25(27-24-10-5-4-9-23(24)26(28)30)12-11-20-7-6-8-22(16-20)31-19(3)29/h4-16H,1-3H3/b12-11+. The van der Waals surface area contributed by atoms with Gasteiger partial charge in [-0.3, -0.25) is 14.2 Å². The van der Waals surface area contributed by atoms with E-state index < -0.39 is 0 Å². The largest absolute Gasteiger partial charge is 0.427 e. The molecule has 0 atom stereocenters. The van der Waals surface area contributed by atoms with Crippen LogP contribution in [-0.2, 0) is 4.79 Å². The number of aryl methyl sites for hydroxylation is 2. The number of carbonyl (C=O) groups is 1. The fourth-order valence-corrected chi connectivity index (χ4v) is 3.61. The summed E-state index contributed by atoms with van der Waals surface area (Å²) in [7, 11) is 0. The van der Waals surface area contributed by atoms with Crippen LogP contribution < -0.4 is 10.3 Å². The first-order valence-corrected chi connectivity index (χ1v) is 9.98. The lowest BCUT2D eigenvalue weighted by molar-refractivity contribution is -0.131. The summed E-state index contributed by atoms with van der Waals surface area (Å²) in [5, 5.41) is 0.565. The molecular weight excluding hydrogens is 388 g/mol. The monoisotopic (exact) mass is 410 g/mol. The van der Waals surface area contributed by atoms with Gasteiger partial charge in [0.05, 0.1) is 16.6 Å². The van der Waals surface area contributed by atoms with Crippen LogP contribution in [0.2, 0.25) is 0 Å². The number of rotatable bonds is 4. The van der Waals surface area contributed by atoms with Gasteiger partial charge in [0.1, 0.15) is 11.6 Å². The number of hydrogen-bond acceptors (Lipinski definition) is 4. The van der Waals surface area contributed by atoms with E-state index in [0.29, 0.717) is 22.5 Å². The van der Waals surface area contributed by atoms with Gasteiger partial charge in [-0.2, -0.15) is 0 Å². The summed E-state index contributed by atoms with van der Waals surface area (Å²) in [4.78, 5) is 29.4. The maximum Gasteiger partial charge on any atom is 0.308 e. The quantitative estimate of drug-likeness (QED) is 0.347. The van der Waals surface area contributed by atoms with E-state index in [1.807, 2.05) is 62.4 Å². The van der Waals surface area contributed by atoms with E-state index in [-0.39, 0.29) is 11.5 Å². The highest BCUT2D eigenvalue weighted by molar-refractivity contribution is 5.80. The van der Waals surface area contributed by atoms with Crippen molar-refractivity contribution in [1.29, 1.82) is 0 Å². The third-order valence-electron chi connectivity index (χ3n) is 4.81. The lowest BCUT2D eigenvalue weighted by Crippen LogP contribution is -2.22. The topological polar surface area (TPSA) is 61.2 Å². The molecule has 0 aliphatic rings. The first kappa shape index (κ1) is 20.3. The van der Waals surface area contributed by atoms with Crippen LogP contribution in [0.3, 0.4) is 0 Å². The Labute approximate surface area is 180 Å². The van der Waals surface area contributed by atoms with Crippen molar-refractivity contribution < 1.29 is 9.53 Å². The van der Waals surface area contributed by atoms with Crippen LogP contribution in [0.5, 0.6) is 5.75 Å². The summed E-state index contributed by atoms with van der Waals surface area (Å²) < 4.78 is 6.79. The summed E-state index contributed by atoms with van der Waals surface area (Å²) in [6.07, 6.45) is 3.65. The van der Waals surface area contributed by atoms with Crippen molar-refractivity contribution in [1.82, 2.24) is 9.55 Å².